The number of hydrogen-bond acceptors (Lipinski definition) is 3. The summed E-state index contributed by atoms with van der Waals surface area (Å²) in [5, 5.41) is 0. The van der Waals surface area contributed by atoms with Crippen molar-refractivity contribution in [2.75, 3.05) is 7.11 Å². The first-order chi connectivity index (χ1) is 7.05. The van der Waals surface area contributed by atoms with Crippen molar-refractivity contribution in [3.63, 3.8) is 0 Å². The van der Waals surface area contributed by atoms with Crippen molar-refractivity contribution in [2.45, 2.75) is 38.8 Å². The van der Waals surface area contributed by atoms with Crippen molar-refractivity contribution >= 4 is 0 Å². The van der Waals surface area contributed by atoms with Gasteiger partial charge in [-0.25, -0.2) is 0 Å². The van der Waals surface area contributed by atoms with E-state index in [1.165, 1.54) is 0 Å². The number of rotatable bonds is 4. The SMILES string of the molecule is CCC(C)(OC)C(N)c1cnccc1C. The zero-order valence-corrected chi connectivity index (χ0v) is 9.95. The highest BCUT2D eigenvalue weighted by Crippen LogP contribution is 2.30. The normalized spacial score (nSPS) is 17.1. The quantitative estimate of drug-likeness (QED) is 0.825. The van der Waals surface area contributed by atoms with E-state index in [0.717, 1.165) is 17.5 Å². The molecule has 1 rings (SSSR count). The second kappa shape index (κ2) is 4.73. The van der Waals surface area contributed by atoms with E-state index in [2.05, 4.69) is 11.9 Å². The molecule has 3 nitrogen and oxygen atoms in total. The lowest BCUT2D eigenvalue weighted by molar-refractivity contribution is -0.0196. The average molecular weight is 208 g/mol. The zero-order valence-electron chi connectivity index (χ0n) is 9.95. The molecule has 0 aliphatic heterocycles. The molecule has 2 atom stereocenters. The van der Waals surface area contributed by atoms with E-state index < -0.39 is 0 Å². The van der Waals surface area contributed by atoms with Crippen LogP contribution < -0.4 is 5.73 Å². The van der Waals surface area contributed by atoms with E-state index in [4.69, 9.17) is 10.5 Å². The molecule has 3 heteroatoms. The van der Waals surface area contributed by atoms with Gasteiger partial charge in [0.1, 0.15) is 0 Å². The fourth-order valence-corrected chi connectivity index (χ4v) is 1.62. The third-order valence-corrected chi connectivity index (χ3v) is 3.24. The maximum absolute atomic E-state index is 6.23. The summed E-state index contributed by atoms with van der Waals surface area (Å²) >= 11 is 0. The summed E-state index contributed by atoms with van der Waals surface area (Å²) in [5.41, 5.74) is 8.13. The van der Waals surface area contributed by atoms with Gasteiger partial charge in [0, 0.05) is 19.5 Å². The molecule has 1 aromatic rings. The van der Waals surface area contributed by atoms with Gasteiger partial charge in [0.25, 0.3) is 0 Å². The molecule has 0 saturated heterocycles. The van der Waals surface area contributed by atoms with Crippen LogP contribution in [0.5, 0.6) is 0 Å². The summed E-state index contributed by atoms with van der Waals surface area (Å²) in [4.78, 5) is 4.11. The van der Waals surface area contributed by atoms with E-state index >= 15 is 0 Å². The lowest BCUT2D eigenvalue weighted by atomic mass is 9.87. The van der Waals surface area contributed by atoms with Gasteiger partial charge in [-0.1, -0.05) is 6.92 Å². The lowest BCUT2D eigenvalue weighted by Crippen LogP contribution is -2.40. The van der Waals surface area contributed by atoms with Gasteiger partial charge in [-0.05, 0) is 37.5 Å². The summed E-state index contributed by atoms with van der Waals surface area (Å²) < 4.78 is 5.51. The molecule has 2 unspecified atom stereocenters. The van der Waals surface area contributed by atoms with Crippen molar-refractivity contribution in [3.8, 4) is 0 Å². The van der Waals surface area contributed by atoms with Crippen LogP contribution in [0.1, 0.15) is 37.4 Å². The van der Waals surface area contributed by atoms with Gasteiger partial charge in [0.15, 0.2) is 0 Å². The third-order valence-electron chi connectivity index (χ3n) is 3.24. The van der Waals surface area contributed by atoms with E-state index in [9.17, 15) is 0 Å². The van der Waals surface area contributed by atoms with Gasteiger partial charge in [-0.3, -0.25) is 4.98 Å². The number of aryl methyl sites for hydroxylation is 1. The van der Waals surface area contributed by atoms with Gasteiger partial charge in [-0.2, -0.15) is 0 Å². The third kappa shape index (κ3) is 2.36. The highest BCUT2D eigenvalue weighted by molar-refractivity contribution is 5.27. The van der Waals surface area contributed by atoms with Gasteiger partial charge in [-0.15, -0.1) is 0 Å². The number of hydrogen-bond donors (Lipinski definition) is 1. The second-order valence-electron chi connectivity index (χ2n) is 4.08. The molecule has 84 valence electrons. The summed E-state index contributed by atoms with van der Waals surface area (Å²) in [5.74, 6) is 0. The van der Waals surface area contributed by atoms with Gasteiger partial charge in [0.05, 0.1) is 11.6 Å². The Morgan fingerprint density at radius 1 is 1.60 bits per heavy atom. The Kier molecular flexibility index (Phi) is 3.83. The first kappa shape index (κ1) is 12.1. The van der Waals surface area contributed by atoms with Crippen molar-refractivity contribution in [1.82, 2.24) is 4.98 Å². The van der Waals surface area contributed by atoms with Crippen molar-refractivity contribution in [2.24, 2.45) is 5.73 Å². The molecule has 0 aromatic carbocycles. The number of ether oxygens (including phenoxy) is 1. The summed E-state index contributed by atoms with van der Waals surface area (Å²) in [6.07, 6.45) is 4.48. The van der Waals surface area contributed by atoms with Crippen LogP contribution in [-0.2, 0) is 4.74 Å². The molecule has 0 aliphatic carbocycles. The molecule has 0 aliphatic rings. The highest BCUT2D eigenvalue weighted by atomic mass is 16.5. The van der Waals surface area contributed by atoms with Gasteiger partial charge in [0.2, 0.25) is 0 Å². The number of pyridine rings is 1. The molecule has 0 radical (unpaired) electrons. The van der Waals surface area contributed by atoms with Crippen molar-refractivity contribution < 1.29 is 4.74 Å². The lowest BCUT2D eigenvalue weighted by Gasteiger charge is -2.34. The fourth-order valence-electron chi connectivity index (χ4n) is 1.62. The van der Waals surface area contributed by atoms with Crippen LogP contribution in [0.2, 0.25) is 0 Å². The number of nitrogens with zero attached hydrogens (tertiary/aromatic N) is 1. The topological polar surface area (TPSA) is 48.1 Å². The molecule has 1 aromatic heterocycles. The minimum absolute atomic E-state index is 0.138. The monoisotopic (exact) mass is 208 g/mol. The average Bonchev–Trinajstić information content (AvgIpc) is 2.28. The standard InChI is InChI=1S/C12H20N2O/c1-5-12(3,15-4)11(13)10-8-14-7-6-9(10)2/h6-8,11H,5,13H2,1-4H3. The second-order valence-corrected chi connectivity index (χ2v) is 4.08. The van der Waals surface area contributed by atoms with Crippen molar-refractivity contribution in [1.29, 1.82) is 0 Å². The van der Waals surface area contributed by atoms with E-state index in [1.54, 1.807) is 13.3 Å². The maximum Gasteiger partial charge on any atom is 0.0840 e. The molecule has 0 saturated carbocycles. The predicted molar refractivity (Wildman–Crippen MR) is 61.6 cm³/mol. The Balaban J connectivity index is 3.03. The Morgan fingerprint density at radius 3 is 2.73 bits per heavy atom. The number of methoxy groups -OCH3 is 1. The van der Waals surface area contributed by atoms with E-state index in [0.29, 0.717) is 0 Å². The van der Waals surface area contributed by atoms with E-state index in [1.807, 2.05) is 26.1 Å². The first-order valence-corrected chi connectivity index (χ1v) is 5.26. The Bertz CT molecular complexity index is 321. The molecule has 2 N–H and O–H groups in total. The molecule has 15 heavy (non-hydrogen) atoms. The fraction of sp³-hybridized carbons (Fsp3) is 0.583. The van der Waals surface area contributed by atoms with Gasteiger partial charge >= 0.3 is 0 Å². The molecule has 1 heterocycles. The van der Waals surface area contributed by atoms with Crippen LogP contribution in [0.4, 0.5) is 0 Å². The molecule has 0 spiro atoms. The minimum Gasteiger partial charge on any atom is -0.377 e. The van der Waals surface area contributed by atoms with Crippen LogP contribution in [0, 0.1) is 6.92 Å². The minimum atomic E-state index is -0.326. The molecular formula is C12H20N2O. The summed E-state index contributed by atoms with van der Waals surface area (Å²) in [6.45, 7) is 6.15. The van der Waals surface area contributed by atoms with Crippen molar-refractivity contribution in [3.05, 3.63) is 29.6 Å². The molecule has 0 bridgehead atoms. The van der Waals surface area contributed by atoms with Crippen LogP contribution in [0.15, 0.2) is 18.5 Å². The molecule has 0 amide bonds. The number of nitrogens with two attached hydrogens (primary N) is 1. The van der Waals surface area contributed by atoms with Crippen LogP contribution in [-0.4, -0.2) is 17.7 Å². The largest absolute Gasteiger partial charge is 0.377 e. The Hall–Kier alpha value is -0.930. The van der Waals surface area contributed by atoms with Crippen LogP contribution >= 0.6 is 0 Å². The molecule has 0 fully saturated rings. The summed E-state index contributed by atoms with van der Waals surface area (Å²) in [7, 11) is 1.70. The van der Waals surface area contributed by atoms with Gasteiger partial charge < -0.3 is 10.5 Å². The van der Waals surface area contributed by atoms with Crippen LogP contribution in [0.3, 0.4) is 0 Å². The van der Waals surface area contributed by atoms with E-state index in [-0.39, 0.29) is 11.6 Å². The predicted octanol–water partition coefficient (Wildman–Crippen LogP) is 2.20. The number of aromatic nitrogens is 1. The van der Waals surface area contributed by atoms with Crippen LogP contribution in [0.25, 0.3) is 0 Å². The Morgan fingerprint density at radius 2 is 2.27 bits per heavy atom. The first-order valence-electron chi connectivity index (χ1n) is 5.26. The highest BCUT2D eigenvalue weighted by Gasteiger charge is 2.31. The maximum atomic E-state index is 6.23. The smallest absolute Gasteiger partial charge is 0.0840 e. The summed E-state index contributed by atoms with van der Waals surface area (Å²) in [6, 6.07) is 1.84. The molecular weight excluding hydrogens is 188 g/mol. The Labute approximate surface area is 91.7 Å². The zero-order chi connectivity index (χ0) is 11.5.